The lowest BCUT2D eigenvalue weighted by molar-refractivity contribution is -0.274. The fourth-order valence-corrected chi connectivity index (χ4v) is 1.81. The maximum atomic E-state index is 12.1. The van der Waals surface area contributed by atoms with Gasteiger partial charge in [0.05, 0.1) is 6.20 Å². The van der Waals surface area contributed by atoms with Crippen LogP contribution in [-0.4, -0.2) is 16.6 Å². The van der Waals surface area contributed by atoms with Crippen LogP contribution in [0.15, 0.2) is 30.5 Å². The predicted molar refractivity (Wildman–Crippen MR) is 63.9 cm³/mol. The first kappa shape index (κ1) is 13.6. The monoisotopic (exact) mass is 288 g/mol. The Bertz CT molecular complexity index is 602. The first-order chi connectivity index (χ1) is 8.85. The molecule has 0 radical (unpaired) electrons. The lowest BCUT2D eigenvalue weighted by atomic mass is 10.0. The Morgan fingerprint density at radius 3 is 2.53 bits per heavy atom. The maximum Gasteiger partial charge on any atom is 0.573 e. The molecule has 0 aliphatic carbocycles. The van der Waals surface area contributed by atoms with Gasteiger partial charge in [0.1, 0.15) is 5.75 Å². The van der Waals surface area contributed by atoms with E-state index < -0.39 is 6.36 Å². The minimum Gasteiger partial charge on any atom is -0.406 e. The molecule has 0 aliphatic heterocycles. The van der Waals surface area contributed by atoms with Gasteiger partial charge in [-0.1, -0.05) is 17.7 Å². The number of aryl methyl sites for hydroxylation is 1. The summed E-state index contributed by atoms with van der Waals surface area (Å²) in [5, 5.41) is 7.51. The number of hydrogen-bond donors (Lipinski definition) is 0. The fraction of sp³-hybridized carbons (Fsp3) is 0.167. The zero-order chi connectivity index (χ0) is 14.0. The van der Waals surface area contributed by atoms with Crippen LogP contribution in [-0.2, 0) is 0 Å². The third-order valence-electron chi connectivity index (χ3n) is 2.37. The van der Waals surface area contributed by atoms with Crippen LogP contribution in [0.1, 0.15) is 5.56 Å². The van der Waals surface area contributed by atoms with Crippen LogP contribution in [0.2, 0.25) is 5.15 Å². The Kier molecular flexibility index (Phi) is 3.61. The largest absolute Gasteiger partial charge is 0.573 e. The Hall–Kier alpha value is -1.82. The van der Waals surface area contributed by atoms with E-state index in [9.17, 15) is 13.2 Å². The summed E-state index contributed by atoms with van der Waals surface area (Å²) < 4.78 is 40.1. The molecule has 0 amide bonds. The standard InChI is InChI=1S/C12H8ClF3N2O/c1-7-4-9(19-12(14,15)16)2-3-10(7)8-5-11(13)18-17-6-8/h2-6H,1H3. The number of nitrogens with zero attached hydrogens (tertiary/aromatic N) is 2. The second-order valence-corrected chi connectivity index (χ2v) is 4.18. The van der Waals surface area contributed by atoms with Crippen molar-refractivity contribution in [2.24, 2.45) is 0 Å². The van der Waals surface area contributed by atoms with E-state index in [1.807, 2.05) is 0 Å². The van der Waals surface area contributed by atoms with Gasteiger partial charge in [0, 0.05) is 5.56 Å². The summed E-state index contributed by atoms with van der Waals surface area (Å²) in [6, 6.07) is 5.65. The first-order valence-corrected chi connectivity index (χ1v) is 5.58. The summed E-state index contributed by atoms with van der Waals surface area (Å²) >= 11 is 5.72. The van der Waals surface area contributed by atoms with Crippen LogP contribution in [0.3, 0.4) is 0 Å². The lowest BCUT2D eigenvalue weighted by Crippen LogP contribution is -2.17. The van der Waals surface area contributed by atoms with E-state index in [2.05, 4.69) is 14.9 Å². The maximum absolute atomic E-state index is 12.1. The van der Waals surface area contributed by atoms with Crippen molar-refractivity contribution >= 4 is 11.6 Å². The van der Waals surface area contributed by atoms with Gasteiger partial charge in [-0.15, -0.1) is 18.3 Å². The first-order valence-electron chi connectivity index (χ1n) is 5.20. The molecule has 100 valence electrons. The molecule has 19 heavy (non-hydrogen) atoms. The van der Waals surface area contributed by atoms with Crippen LogP contribution >= 0.6 is 11.6 Å². The third-order valence-corrected chi connectivity index (χ3v) is 2.55. The zero-order valence-corrected chi connectivity index (χ0v) is 10.5. The lowest BCUT2D eigenvalue weighted by Gasteiger charge is -2.11. The van der Waals surface area contributed by atoms with E-state index in [0.29, 0.717) is 16.7 Å². The molecule has 0 unspecified atom stereocenters. The summed E-state index contributed by atoms with van der Waals surface area (Å²) in [5.41, 5.74) is 2.01. The molecule has 0 atom stereocenters. The highest BCUT2D eigenvalue weighted by molar-refractivity contribution is 6.29. The molecule has 1 heterocycles. The number of rotatable bonds is 2. The number of aromatic nitrogens is 2. The molecule has 2 aromatic rings. The molecule has 1 aromatic heterocycles. The Labute approximate surface area is 112 Å². The molecule has 0 aliphatic rings. The van der Waals surface area contributed by atoms with Crippen LogP contribution in [0.4, 0.5) is 13.2 Å². The SMILES string of the molecule is Cc1cc(OC(F)(F)F)ccc1-c1cnnc(Cl)c1. The van der Waals surface area contributed by atoms with Crippen molar-refractivity contribution in [1.29, 1.82) is 0 Å². The van der Waals surface area contributed by atoms with Gasteiger partial charge in [0.2, 0.25) is 0 Å². The van der Waals surface area contributed by atoms with E-state index in [1.165, 1.54) is 24.4 Å². The van der Waals surface area contributed by atoms with Gasteiger partial charge < -0.3 is 4.74 Å². The summed E-state index contributed by atoms with van der Waals surface area (Å²) in [4.78, 5) is 0. The van der Waals surface area contributed by atoms with Gasteiger partial charge in [-0.05, 0) is 36.2 Å². The Morgan fingerprint density at radius 2 is 1.95 bits per heavy atom. The van der Waals surface area contributed by atoms with Crippen molar-refractivity contribution in [1.82, 2.24) is 10.2 Å². The van der Waals surface area contributed by atoms with Crippen LogP contribution in [0.25, 0.3) is 11.1 Å². The van der Waals surface area contributed by atoms with Gasteiger partial charge >= 0.3 is 6.36 Å². The van der Waals surface area contributed by atoms with E-state index in [1.54, 1.807) is 13.0 Å². The summed E-state index contributed by atoms with van der Waals surface area (Å²) in [6.45, 7) is 1.67. The van der Waals surface area contributed by atoms with Crippen LogP contribution in [0.5, 0.6) is 5.75 Å². The summed E-state index contributed by atoms with van der Waals surface area (Å²) in [5.74, 6) is -0.262. The molecule has 1 aromatic carbocycles. The van der Waals surface area contributed by atoms with Crippen molar-refractivity contribution in [3.63, 3.8) is 0 Å². The van der Waals surface area contributed by atoms with Gasteiger partial charge in [0.25, 0.3) is 0 Å². The van der Waals surface area contributed by atoms with Crippen molar-refractivity contribution in [3.05, 3.63) is 41.2 Å². The summed E-state index contributed by atoms with van der Waals surface area (Å²) in [6.07, 6.45) is -3.21. The van der Waals surface area contributed by atoms with Gasteiger partial charge in [0.15, 0.2) is 5.15 Å². The molecule has 7 heteroatoms. The normalized spacial score (nSPS) is 11.4. The predicted octanol–water partition coefficient (Wildman–Crippen LogP) is 4.00. The number of halogens is 4. The molecule has 0 N–H and O–H groups in total. The molecule has 3 nitrogen and oxygen atoms in total. The van der Waals surface area contributed by atoms with Crippen LogP contribution in [0, 0.1) is 6.92 Å². The van der Waals surface area contributed by atoms with Crippen molar-refractivity contribution < 1.29 is 17.9 Å². The second-order valence-electron chi connectivity index (χ2n) is 3.79. The van der Waals surface area contributed by atoms with Gasteiger partial charge in [-0.2, -0.15) is 5.10 Å². The molecule has 2 rings (SSSR count). The number of hydrogen-bond acceptors (Lipinski definition) is 3. The van der Waals surface area contributed by atoms with Gasteiger partial charge in [-0.3, -0.25) is 0 Å². The molecule has 0 saturated heterocycles. The highest BCUT2D eigenvalue weighted by Crippen LogP contribution is 2.29. The molecule has 0 fully saturated rings. The second kappa shape index (κ2) is 5.05. The van der Waals surface area contributed by atoms with E-state index in [4.69, 9.17) is 11.6 Å². The Balaban J connectivity index is 2.34. The number of benzene rings is 1. The van der Waals surface area contributed by atoms with E-state index >= 15 is 0 Å². The highest BCUT2D eigenvalue weighted by atomic mass is 35.5. The highest BCUT2D eigenvalue weighted by Gasteiger charge is 2.31. The average molecular weight is 289 g/mol. The van der Waals surface area contributed by atoms with Crippen molar-refractivity contribution in [2.75, 3.05) is 0 Å². The van der Waals surface area contributed by atoms with E-state index in [-0.39, 0.29) is 10.9 Å². The molecule has 0 spiro atoms. The number of ether oxygens (including phenoxy) is 1. The average Bonchev–Trinajstić information content (AvgIpc) is 2.26. The molecular weight excluding hydrogens is 281 g/mol. The summed E-state index contributed by atoms with van der Waals surface area (Å²) in [7, 11) is 0. The third kappa shape index (κ3) is 3.57. The zero-order valence-electron chi connectivity index (χ0n) is 9.70. The fourth-order valence-electron chi connectivity index (χ4n) is 1.65. The van der Waals surface area contributed by atoms with Crippen molar-refractivity contribution in [2.45, 2.75) is 13.3 Å². The van der Waals surface area contributed by atoms with Crippen LogP contribution < -0.4 is 4.74 Å². The van der Waals surface area contributed by atoms with Crippen molar-refractivity contribution in [3.8, 4) is 16.9 Å². The molecule has 0 bridgehead atoms. The quantitative estimate of drug-likeness (QED) is 0.837. The number of alkyl halides is 3. The van der Waals surface area contributed by atoms with Gasteiger partial charge in [-0.25, -0.2) is 0 Å². The van der Waals surface area contributed by atoms with E-state index in [0.717, 1.165) is 0 Å². The molecular formula is C12H8ClF3N2O. The minimum absolute atomic E-state index is 0.215. The minimum atomic E-state index is -4.70. The topological polar surface area (TPSA) is 35.0 Å². The smallest absolute Gasteiger partial charge is 0.406 e. The molecule has 0 saturated carbocycles. The Morgan fingerprint density at radius 1 is 1.21 bits per heavy atom.